The number of nitrogens with zero attached hydrogens (tertiary/aromatic N) is 4. The van der Waals surface area contributed by atoms with E-state index in [1.807, 2.05) is 48.5 Å². The maximum Gasteiger partial charge on any atom is 0.409 e. The molecule has 3 heterocycles. The molecule has 8 nitrogen and oxygen atoms in total. The molecule has 4 aromatic rings. The van der Waals surface area contributed by atoms with Gasteiger partial charge in [-0.15, -0.1) is 21.5 Å². The SMILES string of the molecule is COC(=O)N1CCC(c2nnc(C(=O)c3nc4ccc(-c5ccccc5)cc4s3)o2)CC1. The van der Waals surface area contributed by atoms with E-state index in [2.05, 4.69) is 15.2 Å². The molecule has 0 N–H and O–H groups in total. The largest absolute Gasteiger partial charge is 0.453 e. The van der Waals surface area contributed by atoms with Crippen molar-refractivity contribution in [3.8, 4) is 11.1 Å². The van der Waals surface area contributed by atoms with Crippen molar-refractivity contribution in [3.05, 3.63) is 65.3 Å². The first-order valence-electron chi connectivity index (χ1n) is 10.3. The lowest BCUT2D eigenvalue weighted by Crippen LogP contribution is -2.37. The Balaban J connectivity index is 1.33. The number of ketones is 1. The summed E-state index contributed by atoms with van der Waals surface area (Å²) in [5.74, 6) is -0.00459. The quantitative estimate of drug-likeness (QED) is 0.423. The highest BCUT2D eigenvalue weighted by molar-refractivity contribution is 7.20. The molecule has 1 amide bonds. The first kappa shape index (κ1) is 20.3. The summed E-state index contributed by atoms with van der Waals surface area (Å²) in [6, 6.07) is 16.0. The third-order valence-electron chi connectivity index (χ3n) is 5.60. The van der Waals surface area contributed by atoms with Crippen LogP contribution in [0.4, 0.5) is 4.79 Å². The molecule has 0 unspecified atom stereocenters. The van der Waals surface area contributed by atoms with Gasteiger partial charge in [0.1, 0.15) is 0 Å². The van der Waals surface area contributed by atoms with Gasteiger partial charge in [0, 0.05) is 19.0 Å². The fourth-order valence-corrected chi connectivity index (χ4v) is 4.79. The van der Waals surface area contributed by atoms with Crippen molar-refractivity contribution >= 4 is 33.4 Å². The second-order valence-electron chi connectivity index (χ2n) is 7.57. The zero-order valence-electron chi connectivity index (χ0n) is 17.4. The first-order valence-corrected chi connectivity index (χ1v) is 11.1. The Morgan fingerprint density at radius 3 is 2.59 bits per heavy atom. The van der Waals surface area contributed by atoms with Crippen molar-refractivity contribution in [2.24, 2.45) is 0 Å². The summed E-state index contributed by atoms with van der Waals surface area (Å²) < 4.78 is 11.4. The van der Waals surface area contributed by atoms with Crippen LogP contribution in [0.2, 0.25) is 0 Å². The van der Waals surface area contributed by atoms with Gasteiger partial charge < -0.3 is 14.1 Å². The van der Waals surface area contributed by atoms with E-state index in [4.69, 9.17) is 9.15 Å². The number of aromatic nitrogens is 3. The molecule has 0 bridgehead atoms. The van der Waals surface area contributed by atoms with Gasteiger partial charge in [0.25, 0.3) is 11.7 Å². The molecule has 0 aliphatic carbocycles. The number of benzene rings is 2. The number of rotatable bonds is 4. The highest BCUT2D eigenvalue weighted by atomic mass is 32.1. The molecule has 0 radical (unpaired) electrons. The highest BCUT2D eigenvalue weighted by Crippen LogP contribution is 2.31. The van der Waals surface area contributed by atoms with Crippen LogP contribution < -0.4 is 0 Å². The van der Waals surface area contributed by atoms with Crippen LogP contribution in [0.3, 0.4) is 0 Å². The molecule has 32 heavy (non-hydrogen) atoms. The molecule has 1 aliphatic heterocycles. The Labute approximate surface area is 187 Å². The molecule has 1 fully saturated rings. The molecule has 0 spiro atoms. The van der Waals surface area contributed by atoms with E-state index in [9.17, 15) is 9.59 Å². The number of fused-ring (bicyclic) bond motifs is 1. The van der Waals surface area contributed by atoms with Crippen molar-refractivity contribution in [1.29, 1.82) is 0 Å². The Morgan fingerprint density at radius 2 is 1.84 bits per heavy atom. The number of likely N-dealkylation sites (tertiary alicyclic amines) is 1. The predicted octanol–water partition coefficient (Wildman–Crippen LogP) is 4.52. The number of ether oxygens (including phenoxy) is 1. The summed E-state index contributed by atoms with van der Waals surface area (Å²) in [5.41, 5.74) is 2.93. The zero-order valence-corrected chi connectivity index (χ0v) is 18.2. The normalized spacial score (nSPS) is 14.6. The molecule has 5 rings (SSSR count). The van der Waals surface area contributed by atoms with E-state index in [1.54, 1.807) is 4.90 Å². The average Bonchev–Trinajstić information content (AvgIpc) is 3.51. The molecule has 162 valence electrons. The lowest BCUT2D eigenvalue weighted by atomic mass is 9.97. The average molecular weight is 449 g/mol. The Hall–Kier alpha value is -3.59. The lowest BCUT2D eigenvalue weighted by Gasteiger charge is -2.29. The summed E-state index contributed by atoms with van der Waals surface area (Å²) in [6.07, 6.45) is 1.01. The van der Waals surface area contributed by atoms with Crippen molar-refractivity contribution in [2.45, 2.75) is 18.8 Å². The number of thiazole rings is 1. The van der Waals surface area contributed by atoms with Gasteiger partial charge in [0.05, 0.1) is 17.3 Å². The van der Waals surface area contributed by atoms with Gasteiger partial charge in [-0.3, -0.25) is 4.79 Å². The molecular weight excluding hydrogens is 428 g/mol. The van der Waals surface area contributed by atoms with Gasteiger partial charge in [0.15, 0.2) is 5.01 Å². The monoisotopic (exact) mass is 448 g/mol. The number of methoxy groups -OCH3 is 1. The summed E-state index contributed by atoms with van der Waals surface area (Å²) in [4.78, 5) is 30.7. The number of hydrogen-bond donors (Lipinski definition) is 0. The molecule has 2 aromatic carbocycles. The molecular formula is C23H20N4O4S. The molecule has 0 saturated carbocycles. The van der Waals surface area contributed by atoms with E-state index < -0.39 is 0 Å². The van der Waals surface area contributed by atoms with Crippen LogP contribution >= 0.6 is 11.3 Å². The maximum atomic E-state index is 12.9. The van der Waals surface area contributed by atoms with Crippen molar-refractivity contribution in [2.75, 3.05) is 20.2 Å². The minimum atomic E-state index is -0.377. The predicted molar refractivity (Wildman–Crippen MR) is 119 cm³/mol. The van der Waals surface area contributed by atoms with E-state index >= 15 is 0 Å². The number of carbonyl (C=O) groups is 2. The van der Waals surface area contributed by atoms with E-state index in [-0.39, 0.29) is 23.7 Å². The van der Waals surface area contributed by atoms with E-state index in [0.29, 0.717) is 36.8 Å². The van der Waals surface area contributed by atoms with Gasteiger partial charge >= 0.3 is 6.09 Å². The summed E-state index contributed by atoms with van der Waals surface area (Å²) in [7, 11) is 1.37. The van der Waals surface area contributed by atoms with Crippen LogP contribution in [0.1, 0.15) is 40.3 Å². The number of carbonyl (C=O) groups excluding carboxylic acids is 2. The first-order chi connectivity index (χ1) is 15.6. The zero-order chi connectivity index (χ0) is 22.1. The van der Waals surface area contributed by atoms with Crippen LogP contribution in [0.5, 0.6) is 0 Å². The molecule has 2 aromatic heterocycles. The molecule has 0 atom stereocenters. The van der Waals surface area contributed by atoms with Crippen LogP contribution in [-0.2, 0) is 4.74 Å². The third kappa shape index (κ3) is 3.87. The summed E-state index contributed by atoms with van der Waals surface area (Å²) in [6.45, 7) is 1.09. The fourth-order valence-electron chi connectivity index (χ4n) is 3.85. The third-order valence-corrected chi connectivity index (χ3v) is 6.62. The lowest BCUT2D eigenvalue weighted by molar-refractivity contribution is 0.0997. The van der Waals surface area contributed by atoms with Crippen molar-refractivity contribution in [1.82, 2.24) is 20.1 Å². The van der Waals surface area contributed by atoms with E-state index in [1.165, 1.54) is 18.4 Å². The number of amides is 1. The Bertz CT molecular complexity index is 1280. The van der Waals surface area contributed by atoms with Gasteiger partial charge in [-0.05, 0) is 36.1 Å². The van der Waals surface area contributed by atoms with Crippen LogP contribution in [0.15, 0.2) is 52.9 Å². The van der Waals surface area contributed by atoms with Gasteiger partial charge in [-0.1, -0.05) is 36.4 Å². The Morgan fingerprint density at radius 1 is 1.06 bits per heavy atom. The fraction of sp³-hybridized carbons (Fsp3) is 0.261. The molecule has 1 saturated heterocycles. The second-order valence-corrected chi connectivity index (χ2v) is 8.60. The van der Waals surface area contributed by atoms with Crippen LogP contribution in [-0.4, -0.2) is 52.2 Å². The van der Waals surface area contributed by atoms with Gasteiger partial charge in [0.2, 0.25) is 5.89 Å². The van der Waals surface area contributed by atoms with E-state index in [0.717, 1.165) is 21.3 Å². The van der Waals surface area contributed by atoms with Gasteiger partial charge in [-0.25, -0.2) is 9.78 Å². The minimum absolute atomic E-state index is 0.00811. The smallest absolute Gasteiger partial charge is 0.409 e. The van der Waals surface area contributed by atoms with Crippen LogP contribution in [0.25, 0.3) is 21.3 Å². The topological polar surface area (TPSA) is 98.4 Å². The number of hydrogen-bond acceptors (Lipinski definition) is 8. The van der Waals surface area contributed by atoms with Crippen molar-refractivity contribution < 1.29 is 18.7 Å². The highest BCUT2D eigenvalue weighted by Gasteiger charge is 2.29. The Kier molecular flexibility index (Phi) is 5.40. The summed E-state index contributed by atoms with van der Waals surface area (Å²) in [5, 5.41) is 8.38. The standard InChI is InChI=1S/C23H20N4O4S/c1-30-23(29)27-11-9-15(10-12-27)20-25-26-21(31-20)19(28)22-24-17-8-7-16(13-18(17)32-22)14-5-3-2-4-6-14/h2-8,13,15H,9-12H2,1H3. The minimum Gasteiger partial charge on any atom is -0.453 e. The number of piperidine rings is 1. The molecule has 1 aliphatic rings. The van der Waals surface area contributed by atoms with Gasteiger partial charge in [-0.2, -0.15) is 0 Å². The van der Waals surface area contributed by atoms with Crippen molar-refractivity contribution in [3.63, 3.8) is 0 Å². The summed E-state index contributed by atoms with van der Waals surface area (Å²) >= 11 is 1.31. The molecule has 9 heteroatoms. The van der Waals surface area contributed by atoms with Crippen LogP contribution in [0, 0.1) is 0 Å². The maximum absolute atomic E-state index is 12.9. The second kappa shape index (κ2) is 8.51.